The van der Waals surface area contributed by atoms with Crippen LogP contribution in [0.3, 0.4) is 0 Å². The molecule has 0 aromatic carbocycles. The second-order valence-electron chi connectivity index (χ2n) is 10.4. The van der Waals surface area contributed by atoms with Crippen LogP contribution in [0.25, 0.3) is 0 Å². The molecule has 2 saturated heterocycles. The average molecular weight is 568 g/mol. The summed E-state index contributed by atoms with van der Waals surface area (Å²) in [5.41, 5.74) is 5.28. The topological polar surface area (TPSA) is 220 Å². The number of aliphatic carboxylic acids is 1. The Morgan fingerprint density at radius 1 is 0.850 bits per heavy atom. The Labute approximate surface area is 232 Å². The van der Waals surface area contributed by atoms with Gasteiger partial charge in [0.25, 0.3) is 0 Å². The van der Waals surface area contributed by atoms with Crippen molar-refractivity contribution in [1.29, 1.82) is 0 Å². The molecule has 0 spiro atoms. The summed E-state index contributed by atoms with van der Waals surface area (Å²) in [6.07, 6.45) is 2.18. The van der Waals surface area contributed by atoms with Gasteiger partial charge in [0, 0.05) is 13.1 Å². The summed E-state index contributed by atoms with van der Waals surface area (Å²) >= 11 is 0. The van der Waals surface area contributed by atoms with E-state index in [0.717, 1.165) is 0 Å². The van der Waals surface area contributed by atoms with Crippen molar-refractivity contribution in [2.45, 2.75) is 77.0 Å². The minimum atomic E-state index is -1.21. The maximum absolute atomic E-state index is 13.1. The Bertz CT molecular complexity index is 988. The molecule has 15 nitrogen and oxygen atoms in total. The van der Waals surface area contributed by atoms with Crippen LogP contribution in [0, 0.1) is 5.92 Å². The third-order valence-corrected chi connectivity index (χ3v) is 6.82. The highest BCUT2D eigenvalue weighted by Gasteiger charge is 2.38. The third kappa shape index (κ3) is 9.17. The van der Waals surface area contributed by atoms with Crippen molar-refractivity contribution in [2.75, 3.05) is 32.7 Å². The molecule has 2 aliphatic heterocycles. The maximum Gasteiger partial charge on any atom is 0.322 e. The van der Waals surface area contributed by atoms with E-state index in [1.54, 1.807) is 0 Å². The fourth-order valence-electron chi connectivity index (χ4n) is 4.89. The number of likely N-dealkylation sites (tertiary alicyclic amines) is 2. The first-order chi connectivity index (χ1) is 18.8. The van der Waals surface area contributed by atoms with Crippen molar-refractivity contribution >= 4 is 41.4 Å². The van der Waals surface area contributed by atoms with Gasteiger partial charge in [0.15, 0.2) is 0 Å². The lowest BCUT2D eigenvalue weighted by Crippen LogP contribution is -2.56. The highest BCUT2D eigenvalue weighted by atomic mass is 16.4. The summed E-state index contributed by atoms with van der Waals surface area (Å²) in [7, 11) is 0. The van der Waals surface area contributed by atoms with Crippen LogP contribution in [0.15, 0.2) is 0 Å². The molecule has 2 fully saturated rings. The fraction of sp³-hybridized carbons (Fsp3) is 0.720. The SMILES string of the molecule is CC(C)C[C@H](NC(=O)[C@@H]1CCCN1C(=O)CNC(=O)[C@@H]1CCCN1C(=O)[C@H](C)NC(=O)CN)C(=O)NCC(=O)O. The summed E-state index contributed by atoms with van der Waals surface area (Å²) < 4.78 is 0. The molecular formula is C25H41N7O8. The van der Waals surface area contributed by atoms with Gasteiger partial charge >= 0.3 is 5.97 Å². The third-order valence-electron chi connectivity index (χ3n) is 6.82. The molecule has 224 valence electrons. The fourth-order valence-corrected chi connectivity index (χ4v) is 4.89. The zero-order valence-corrected chi connectivity index (χ0v) is 23.2. The van der Waals surface area contributed by atoms with E-state index in [2.05, 4.69) is 21.3 Å². The molecule has 7 N–H and O–H groups in total. The van der Waals surface area contributed by atoms with Gasteiger partial charge in [-0.2, -0.15) is 0 Å². The lowest BCUT2D eigenvalue weighted by molar-refractivity contribution is -0.142. The van der Waals surface area contributed by atoms with E-state index < -0.39 is 72.1 Å². The number of carboxylic acid groups (broad SMARTS) is 1. The van der Waals surface area contributed by atoms with Gasteiger partial charge in [-0.15, -0.1) is 0 Å². The molecule has 0 aromatic heterocycles. The zero-order chi connectivity index (χ0) is 30.0. The molecule has 0 radical (unpaired) electrons. The van der Waals surface area contributed by atoms with Crippen molar-refractivity contribution in [3.63, 3.8) is 0 Å². The number of nitrogens with zero attached hydrogens (tertiary/aromatic N) is 2. The quantitative estimate of drug-likeness (QED) is 0.136. The molecule has 2 aliphatic rings. The van der Waals surface area contributed by atoms with E-state index in [1.165, 1.54) is 16.7 Å². The van der Waals surface area contributed by atoms with Crippen LogP contribution in [0.2, 0.25) is 0 Å². The van der Waals surface area contributed by atoms with E-state index in [0.29, 0.717) is 38.8 Å². The van der Waals surface area contributed by atoms with Gasteiger partial charge in [0.2, 0.25) is 35.4 Å². The predicted molar refractivity (Wildman–Crippen MR) is 141 cm³/mol. The van der Waals surface area contributed by atoms with Crippen LogP contribution in [0.4, 0.5) is 0 Å². The van der Waals surface area contributed by atoms with Crippen LogP contribution >= 0.6 is 0 Å². The number of amides is 6. The standard InChI is InChI=1S/C25H41N7O8/c1-14(2)10-16(22(37)28-13-21(35)36)30-24(39)18-7-4-8-31(18)20(34)12-27-23(38)17-6-5-9-32(17)25(40)15(3)29-19(33)11-26/h14-18H,4-13,26H2,1-3H3,(H,27,38)(H,28,37)(H,29,33)(H,30,39)(H,35,36)/t15-,16-,17-,18-/m0/s1. The summed E-state index contributed by atoms with van der Waals surface area (Å²) in [6, 6.07) is -3.47. The van der Waals surface area contributed by atoms with Gasteiger partial charge in [0.05, 0.1) is 13.1 Å². The molecule has 0 aromatic rings. The number of nitrogens with one attached hydrogen (secondary N) is 4. The Morgan fingerprint density at radius 2 is 1.45 bits per heavy atom. The molecule has 0 unspecified atom stereocenters. The Balaban J connectivity index is 1.96. The van der Waals surface area contributed by atoms with Crippen molar-refractivity contribution in [3.8, 4) is 0 Å². The summed E-state index contributed by atoms with van der Waals surface area (Å²) in [6.45, 7) is 4.61. The van der Waals surface area contributed by atoms with Gasteiger partial charge < -0.3 is 41.9 Å². The lowest BCUT2D eigenvalue weighted by atomic mass is 10.0. The van der Waals surface area contributed by atoms with Crippen LogP contribution in [-0.4, -0.2) is 113 Å². The van der Waals surface area contributed by atoms with E-state index in [4.69, 9.17) is 10.8 Å². The molecule has 0 aliphatic carbocycles. The molecule has 4 atom stereocenters. The van der Waals surface area contributed by atoms with Crippen molar-refractivity contribution in [3.05, 3.63) is 0 Å². The van der Waals surface area contributed by atoms with Crippen LogP contribution in [0.5, 0.6) is 0 Å². The normalized spacial score (nSPS) is 20.0. The number of hydrogen-bond acceptors (Lipinski definition) is 8. The number of hydrogen-bond donors (Lipinski definition) is 6. The van der Waals surface area contributed by atoms with Crippen molar-refractivity contribution in [2.24, 2.45) is 11.7 Å². The predicted octanol–water partition coefficient (Wildman–Crippen LogP) is -2.72. The highest BCUT2D eigenvalue weighted by molar-refractivity contribution is 5.96. The minimum absolute atomic E-state index is 0.0272. The Kier molecular flexibility index (Phi) is 12.3. The lowest BCUT2D eigenvalue weighted by Gasteiger charge is -2.28. The van der Waals surface area contributed by atoms with E-state index in [1.807, 2.05) is 13.8 Å². The van der Waals surface area contributed by atoms with Crippen molar-refractivity contribution in [1.82, 2.24) is 31.1 Å². The molecule has 0 bridgehead atoms. The summed E-state index contributed by atoms with van der Waals surface area (Å²) in [4.78, 5) is 89.2. The largest absolute Gasteiger partial charge is 0.480 e. The summed E-state index contributed by atoms with van der Waals surface area (Å²) in [5.74, 6) is -4.26. The zero-order valence-electron chi connectivity index (χ0n) is 23.2. The molecule has 6 amide bonds. The smallest absolute Gasteiger partial charge is 0.322 e. The van der Waals surface area contributed by atoms with Crippen LogP contribution in [0.1, 0.15) is 52.9 Å². The monoisotopic (exact) mass is 567 g/mol. The first kappa shape index (κ1) is 32.5. The first-order valence-electron chi connectivity index (χ1n) is 13.5. The number of rotatable bonds is 13. The number of nitrogens with two attached hydrogens (primary N) is 1. The van der Waals surface area contributed by atoms with Crippen molar-refractivity contribution < 1.29 is 38.7 Å². The van der Waals surface area contributed by atoms with Gasteiger partial charge in [0.1, 0.15) is 30.7 Å². The van der Waals surface area contributed by atoms with Crippen LogP contribution in [-0.2, 0) is 33.6 Å². The molecule has 40 heavy (non-hydrogen) atoms. The molecule has 2 heterocycles. The number of carboxylic acids is 1. The van der Waals surface area contributed by atoms with Gasteiger partial charge in [-0.25, -0.2) is 0 Å². The van der Waals surface area contributed by atoms with E-state index in [-0.39, 0.29) is 25.4 Å². The Hall–Kier alpha value is -3.75. The minimum Gasteiger partial charge on any atom is -0.480 e. The Morgan fingerprint density at radius 3 is 2.02 bits per heavy atom. The number of carbonyl (C=O) groups is 7. The summed E-state index contributed by atoms with van der Waals surface area (Å²) in [5, 5.41) is 18.8. The highest BCUT2D eigenvalue weighted by Crippen LogP contribution is 2.20. The second kappa shape index (κ2) is 15.1. The molecule has 2 rings (SSSR count). The molecule has 15 heteroatoms. The van der Waals surface area contributed by atoms with E-state index in [9.17, 15) is 33.6 Å². The molecule has 0 saturated carbocycles. The number of carbonyl (C=O) groups excluding carboxylic acids is 6. The van der Waals surface area contributed by atoms with E-state index >= 15 is 0 Å². The molecular weight excluding hydrogens is 526 g/mol. The van der Waals surface area contributed by atoms with Gasteiger partial charge in [-0.1, -0.05) is 13.8 Å². The van der Waals surface area contributed by atoms with Crippen LogP contribution < -0.4 is 27.0 Å². The first-order valence-corrected chi connectivity index (χ1v) is 13.5. The maximum atomic E-state index is 13.1. The van der Waals surface area contributed by atoms with Gasteiger partial charge in [-0.3, -0.25) is 33.6 Å². The van der Waals surface area contributed by atoms with Gasteiger partial charge in [-0.05, 0) is 44.9 Å². The second-order valence-corrected chi connectivity index (χ2v) is 10.4. The average Bonchev–Trinajstić information content (AvgIpc) is 3.59.